The maximum atomic E-state index is 12.7. The van der Waals surface area contributed by atoms with Crippen LogP contribution in [0.15, 0.2) is 12.1 Å². The van der Waals surface area contributed by atoms with Gasteiger partial charge in [-0.3, -0.25) is 4.79 Å². The van der Waals surface area contributed by atoms with Gasteiger partial charge in [-0.15, -0.1) is 0 Å². The minimum absolute atomic E-state index is 0.0147. The van der Waals surface area contributed by atoms with Gasteiger partial charge in [-0.1, -0.05) is 19.3 Å². The lowest BCUT2D eigenvalue weighted by molar-refractivity contribution is 0.0926. The van der Waals surface area contributed by atoms with Gasteiger partial charge in [0.1, 0.15) is 5.82 Å². The third-order valence-electron chi connectivity index (χ3n) is 4.51. The first-order valence-corrected chi connectivity index (χ1v) is 8.35. The van der Waals surface area contributed by atoms with Gasteiger partial charge < -0.3 is 15.0 Å². The molecule has 3 rings (SSSR count). The first-order chi connectivity index (χ1) is 10.7. The predicted octanol–water partition coefficient (Wildman–Crippen LogP) is 2.29. The van der Waals surface area contributed by atoms with Crippen molar-refractivity contribution in [3.8, 4) is 0 Å². The number of nitrogens with zero attached hydrogens (tertiary/aromatic N) is 2. The summed E-state index contributed by atoms with van der Waals surface area (Å²) in [6.45, 7) is 4.94. The summed E-state index contributed by atoms with van der Waals surface area (Å²) in [5.74, 6) is 0.817. The van der Waals surface area contributed by atoms with Crippen LogP contribution in [-0.4, -0.2) is 43.2 Å². The second-order valence-corrected chi connectivity index (χ2v) is 6.23. The molecule has 120 valence electrons. The molecule has 1 aliphatic carbocycles. The van der Waals surface area contributed by atoms with E-state index in [4.69, 9.17) is 4.74 Å². The van der Waals surface area contributed by atoms with E-state index in [1.807, 2.05) is 19.1 Å². The molecule has 0 unspecified atom stereocenters. The van der Waals surface area contributed by atoms with Crippen LogP contribution in [-0.2, 0) is 4.74 Å². The van der Waals surface area contributed by atoms with E-state index in [1.54, 1.807) is 0 Å². The van der Waals surface area contributed by atoms with E-state index in [0.717, 1.165) is 37.4 Å². The van der Waals surface area contributed by atoms with Crippen LogP contribution in [0.25, 0.3) is 0 Å². The average molecular weight is 303 g/mol. The largest absolute Gasteiger partial charge is 0.378 e. The highest BCUT2D eigenvalue weighted by Crippen LogP contribution is 2.22. The third kappa shape index (κ3) is 3.58. The van der Waals surface area contributed by atoms with Gasteiger partial charge >= 0.3 is 0 Å². The lowest BCUT2D eigenvalue weighted by atomic mass is 9.95. The van der Waals surface area contributed by atoms with E-state index in [2.05, 4.69) is 15.2 Å². The monoisotopic (exact) mass is 303 g/mol. The summed E-state index contributed by atoms with van der Waals surface area (Å²) in [6, 6.07) is 4.14. The standard InChI is InChI=1S/C17H25N3O2/c1-13-7-8-15(16(18-13)20-9-11-22-12-10-20)17(21)19-14-5-3-2-4-6-14/h7-8,14H,2-6,9-12H2,1H3,(H,19,21). The molecule has 1 aromatic heterocycles. The van der Waals surface area contributed by atoms with Crippen LogP contribution in [0.1, 0.15) is 48.2 Å². The number of morpholine rings is 1. The number of rotatable bonds is 3. The topological polar surface area (TPSA) is 54.5 Å². The molecule has 0 spiro atoms. The van der Waals surface area contributed by atoms with Crippen molar-refractivity contribution in [3.63, 3.8) is 0 Å². The molecule has 5 heteroatoms. The van der Waals surface area contributed by atoms with Crippen molar-refractivity contribution in [2.24, 2.45) is 0 Å². The van der Waals surface area contributed by atoms with Crippen molar-refractivity contribution < 1.29 is 9.53 Å². The van der Waals surface area contributed by atoms with Crippen LogP contribution in [0.2, 0.25) is 0 Å². The number of amides is 1. The fourth-order valence-electron chi connectivity index (χ4n) is 3.25. The van der Waals surface area contributed by atoms with Crippen LogP contribution >= 0.6 is 0 Å². The number of hydrogen-bond acceptors (Lipinski definition) is 4. The first kappa shape index (κ1) is 15.3. The Kier molecular flexibility index (Phi) is 4.93. The molecule has 0 radical (unpaired) electrons. The van der Waals surface area contributed by atoms with Gasteiger partial charge in [0.25, 0.3) is 5.91 Å². The van der Waals surface area contributed by atoms with Gasteiger partial charge in [-0.25, -0.2) is 4.98 Å². The number of anilines is 1. The van der Waals surface area contributed by atoms with Crippen LogP contribution in [0.4, 0.5) is 5.82 Å². The molecule has 1 N–H and O–H groups in total. The highest BCUT2D eigenvalue weighted by atomic mass is 16.5. The number of aromatic nitrogens is 1. The van der Waals surface area contributed by atoms with Gasteiger partial charge in [0.2, 0.25) is 0 Å². The zero-order valence-corrected chi connectivity index (χ0v) is 13.3. The summed E-state index contributed by atoms with van der Waals surface area (Å²) in [5.41, 5.74) is 1.63. The molecule has 22 heavy (non-hydrogen) atoms. The van der Waals surface area contributed by atoms with Crippen molar-refractivity contribution in [1.82, 2.24) is 10.3 Å². The number of carbonyl (C=O) groups excluding carboxylic acids is 1. The van der Waals surface area contributed by atoms with Gasteiger partial charge in [0, 0.05) is 24.8 Å². The Morgan fingerprint density at radius 1 is 1.23 bits per heavy atom. The third-order valence-corrected chi connectivity index (χ3v) is 4.51. The van der Waals surface area contributed by atoms with Gasteiger partial charge in [-0.2, -0.15) is 0 Å². The molecule has 1 aliphatic heterocycles. The summed E-state index contributed by atoms with van der Waals surface area (Å²) < 4.78 is 5.40. The van der Waals surface area contributed by atoms with Gasteiger partial charge in [0.15, 0.2) is 0 Å². The van der Waals surface area contributed by atoms with Crippen molar-refractivity contribution >= 4 is 11.7 Å². The summed E-state index contributed by atoms with van der Waals surface area (Å²) in [7, 11) is 0. The van der Waals surface area contributed by atoms with E-state index >= 15 is 0 Å². The molecular weight excluding hydrogens is 278 g/mol. The second-order valence-electron chi connectivity index (χ2n) is 6.23. The first-order valence-electron chi connectivity index (χ1n) is 8.35. The number of pyridine rings is 1. The average Bonchev–Trinajstić information content (AvgIpc) is 2.56. The molecule has 5 nitrogen and oxygen atoms in total. The minimum atomic E-state index is 0.0147. The molecular formula is C17H25N3O2. The summed E-state index contributed by atoms with van der Waals surface area (Å²) in [5, 5.41) is 3.20. The molecule has 0 aromatic carbocycles. The van der Waals surface area contributed by atoms with Crippen LogP contribution < -0.4 is 10.2 Å². The second kappa shape index (κ2) is 7.09. The summed E-state index contributed by atoms with van der Waals surface area (Å²) in [4.78, 5) is 19.5. The Balaban J connectivity index is 1.77. The highest BCUT2D eigenvalue weighted by molar-refractivity contribution is 5.99. The molecule has 1 amide bonds. The van der Waals surface area contributed by atoms with E-state index in [0.29, 0.717) is 24.8 Å². The molecule has 0 atom stereocenters. The van der Waals surface area contributed by atoms with Crippen LogP contribution in [0.3, 0.4) is 0 Å². The lowest BCUT2D eigenvalue weighted by Gasteiger charge is -2.30. The molecule has 2 fully saturated rings. The van der Waals surface area contributed by atoms with Crippen molar-refractivity contribution in [1.29, 1.82) is 0 Å². The van der Waals surface area contributed by atoms with Crippen LogP contribution in [0, 0.1) is 6.92 Å². The number of carbonyl (C=O) groups is 1. The zero-order chi connectivity index (χ0) is 15.4. The quantitative estimate of drug-likeness (QED) is 0.931. The molecule has 1 saturated carbocycles. The van der Waals surface area contributed by atoms with Crippen molar-refractivity contribution in [3.05, 3.63) is 23.4 Å². The molecule has 2 aliphatic rings. The predicted molar refractivity (Wildman–Crippen MR) is 86.3 cm³/mol. The number of nitrogens with one attached hydrogen (secondary N) is 1. The number of aryl methyl sites for hydroxylation is 1. The van der Waals surface area contributed by atoms with E-state index < -0.39 is 0 Å². The van der Waals surface area contributed by atoms with E-state index in [-0.39, 0.29) is 5.91 Å². The van der Waals surface area contributed by atoms with E-state index in [9.17, 15) is 4.79 Å². The lowest BCUT2D eigenvalue weighted by Crippen LogP contribution is -2.40. The number of ether oxygens (including phenoxy) is 1. The maximum absolute atomic E-state index is 12.7. The Hall–Kier alpha value is -1.62. The smallest absolute Gasteiger partial charge is 0.255 e. The van der Waals surface area contributed by atoms with Gasteiger partial charge in [0.05, 0.1) is 18.8 Å². The van der Waals surface area contributed by atoms with Gasteiger partial charge in [-0.05, 0) is 31.9 Å². The van der Waals surface area contributed by atoms with Crippen molar-refractivity contribution in [2.75, 3.05) is 31.2 Å². The summed E-state index contributed by atoms with van der Waals surface area (Å²) >= 11 is 0. The highest BCUT2D eigenvalue weighted by Gasteiger charge is 2.23. The molecule has 2 heterocycles. The Morgan fingerprint density at radius 3 is 2.68 bits per heavy atom. The Labute approximate surface area is 132 Å². The Bertz CT molecular complexity index is 521. The molecule has 1 aromatic rings. The minimum Gasteiger partial charge on any atom is -0.378 e. The SMILES string of the molecule is Cc1ccc(C(=O)NC2CCCCC2)c(N2CCOCC2)n1. The molecule has 0 bridgehead atoms. The maximum Gasteiger partial charge on any atom is 0.255 e. The molecule has 1 saturated heterocycles. The summed E-state index contributed by atoms with van der Waals surface area (Å²) in [6.07, 6.45) is 5.91. The van der Waals surface area contributed by atoms with E-state index in [1.165, 1.54) is 19.3 Å². The zero-order valence-electron chi connectivity index (χ0n) is 13.3. The number of hydrogen-bond donors (Lipinski definition) is 1. The normalized spacial score (nSPS) is 20.0. The Morgan fingerprint density at radius 2 is 1.95 bits per heavy atom. The fraction of sp³-hybridized carbons (Fsp3) is 0.647. The van der Waals surface area contributed by atoms with Crippen LogP contribution in [0.5, 0.6) is 0 Å². The fourth-order valence-corrected chi connectivity index (χ4v) is 3.25. The van der Waals surface area contributed by atoms with Crippen molar-refractivity contribution in [2.45, 2.75) is 45.1 Å².